The molecule has 1 amide bonds. The summed E-state index contributed by atoms with van der Waals surface area (Å²) >= 11 is 0. The molecule has 0 atom stereocenters. The molecule has 0 bridgehead atoms. The van der Waals surface area contributed by atoms with Gasteiger partial charge in [0.25, 0.3) is 5.91 Å². The second kappa shape index (κ2) is 5.40. The Bertz CT molecular complexity index is 505. The third-order valence-corrected chi connectivity index (χ3v) is 1.67. The van der Waals surface area contributed by atoms with Crippen LogP contribution in [0.2, 0.25) is 0 Å². The van der Waals surface area contributed by atoms with Crippen LogP contribution < -0.4 is 10.5 Å². The van der Waals surface area contributed by atoms with Gasteiger partial charge in [-0.3, -0.25) is 4.79 Å². The maximum atomic E-state index is 12.6. The summed E-state index contributed by atoms with van der Waals surface area (Å²) in [6.45, 7) is 0. The van der Waals surface area contributed by atoms with E-state index in [1.807, 2.05) is 5.92 Å². The molecule has 0 fully saturated rings. The summed E-state index contributed by atoms with van der Waals surface area (Å²) in [4.78, 5) is 10.4. The van der Waals surface area contributed by atoms with Crippen molar-refractivity contribution in [2.24, 2.45) is 5.73 Å². The molecule has 0 saturated carbocycles. The average molecular weight is 261 g/mol. The predicted molar refractivity (Wildman–Crippen MR) is 54.1 cm³/mol. The topological polar surface area (TPSA) is 52.3 Å². The first kappa shape index (κ1) is 13.8. The van der Waals surface area contributed by atoms with Crippen LogP contribution in [0.4, 0.5) is 17.6 Å². The number of hydrogen-bond donors (Lipinski definition) is 1. The molecule has 0 spiro atoms. The van der Waals surface area contributed by atoms with Crippen molar-refractivity contribution in [2.75, 3.05) is 0 Å². The molecule has 0 aromatic heterocycles. The fourth-order valence-electron chi connectivity index (χ4n) is 0.973. The molecule has 3 nitrogen and oxygen atoms in total. The molecule has 7 heteroatoms. The van der Waals surface area contributed by atoms with E-state index in [0.717, 1.165) is 12.1 Å². The monoisotopic (exact) mass is 261 g/mol. The summed E-state index contributed by atoms with van der Waals surface area (Å²) < 4.78 is 52.8. The van der Waals surface area contributed by atoms with Gasteiger partial charge in [-0.2, -0.15) is 17.6 Å². The number of ether oxygens (including phenoxy) is 1. The Balaban J connectivity index is 2.91. The number of alkyl halides is 4. The van der Waals surface area contributed by atoms with Gasteiger partial charge in [-0.05, 0) is 24.1 Å². The van der Waals surface area contributed by atoms with E-state index in [4.69, 9.17) is 5.73 Å². The smallest absolute Gasteiger partial charge is 0.428 e. The molecule has 0 radical (unpaired) electrons. The zero-order valence-electron chi connectivity index (χ0n) is 8.79. The van der Waals surface area contributed by atoms with Gasteiger partial charge in [0.15, 0.2) is 0 Å². The average Bonchev–Trinajstić information content (AvgIpc) is 2.26. The molecular weight excluding hydrogens is 254 g/mol. The molecule has 2 N–H and O–H groups in total. The van der Waals surface area contributed by atoms with E-state index in [1.54, 1.807) is 0 Å². The minimum atomic E-state index is -4.59. The lowest BCUT2D eigenvalue weighted by Crippen LogP contribution is -2.33. The number of carbonyl (C=O) groups is 1. The van der Waals surface area contributed by atoms with Crippen molar-refractivity contribution >= 4 is 5.91 Å². The summed E-state index contributed by atoms with van der Waals surface area (Å²) in [6.07, 6.45) is -8.53. The highest BCUT2D eigenvalue weighted by atomic mass is 19.3. The van der Waals surface area contributed by atoms with Gasteiger partial charge in [0.2, 0.25) is 0 Å². The molecule has 1 rings (SSSR count). The van der Waals surface area contributed by atoms with Gasteiger partial charge < -0.3 is 10.5 Å². The molecule has 1 aromatic rings. The van der Waals surface area contributed by atoms with Crippen molar-refractivity contribution in [1.82, 2.24) is 0 Å². The van der Waals surface area contributed by atoms with Crippen molar-refractivity contribution < 1.29 is 27.1 Å². The maximum Gasteiger partial charge on any atom is 0.461 e. The van der Waals surface area contributed by atoms with E-state index in [0.29, 0.717) is 0 Å². The van der Waals surface area contributed by atoms with Crippen LogP contribution >= 0.6 is 0 Å². The molecule has 18 heavy (non-hydrogen) atoms. The predicted octanol–water partition coefficient (Wildman–Crippen LogP) is 1.76. The van der Waals surface area contributed by atoms with Crippen molar-refractivity contribution in [1.29, 1.82) is 0 Å². The Morgan fingerprint density at radius 1 is 1.39 bits per heavy atom. The molecule has 0 aliphatic heterocycles. The largest absolute Gasteiger partial charge is 0.461 e. The van der Waals surface area contributed by atoms with Crippen LogP contribution in [0.1, 0.15) is 5.56 Å². The van der Waals surface area contributed by atoms with Crippen molar-refractivity contribution in [2.45, 2.75) is 12.5 Å². The normalized spacial score (nSPS) is 10.7. The van der Waals surface area contributed by atoms with Gasteiger partial charge in [0.1, 0.15) is 5.75 Å². The summed E-state index contributed by atoms with van der Waals surface area (Å²) in [5.41, 5.74) is 4.89. The highest BCUT2D eigenvalue weighted by Gasteiger charge is 2.43. The zero-order valence-corrected chi connectivity index (χ0v) is 8.79. The number of carbonyl (C=O) groups excluding carboxylic acids is 1. The Morgan fingerprint density at radius 2 is 2.06 bits per heavy atom. The third kappa shape index (κ3) is 3.97. The van der Waals surface area contributed by atoms with E-state index in [1.165, 1.54) is 12.1 Å². The van der Waals surface area contributed by atoms with Crippen LogP contribution in [0.25, 0.3) is 0 Å². The van der Waals surface area contributed by atoms with Gasteiger partial charge in [-0.25, -0.2) is 0 Å². The first-order valence-electron chi connectivity index (χ1n) is 4.58. The second-order valence-electron chi connectivity index (χ2n) is 3.11. The second-order valence-corrected chi connectivity index (χ2v) is 3.11. The van der Waals surface area contributed by atoms with E-state index >= 15 is 0 Å². The Labute approximate surface area is 99.5 Å². The molecule has 96 valence electrons. The van der Waals surface area contributed by atoms with Crippen LogP contribution in [0.5, 0.6) is 5.75 Å². The fourth-order valence-corrected chi connectivity index (χ4v) is 0.973. The highest BCUT2D eigenvalue weighted by molar-refractivity contribution is 5.92. The molecular formula is C11H7F4NO2. The van der Waals surface area contributed by atoms with Crippen LogP contribution in [-0.4, -0.2) is 18.4 Å². The summed E-state index contributed by atoms with van der Waals surface area (Å²) in [6, 6.07) is 4.70. The lowest BCUT2D eigenvalue weighted by molar-refractivity contribution is -0.253. The first-order valence-corrected chi connectivity index (χ1v) is 4.58. The van der Waals surface area contributed by atoms with Crippen LogP contribution in [0.15, 0.2) is 24.3 Å². The zero-order chi connectivity index (χ0) is 13.8. The molecule has 0 unspecified atom stereocenters. The third-order valence-electron chi connectivity index (χ3n) is 1.67. The minimum Gasteiger partial charge on any atom is -0.428 e. The van der Waals surface area contributed by atoms with Gasteiger partial charge >= 0.3 is 12.5 Å². The number of halogens is 4. The number of amides is 1. The highest BCUT2D eigenvalue weighted by Crippen LogP contribution is 2.27. The van der Waals surface area contributed by atoms with Crippen LogP contribution in [0, 0.1) is 11.8 Å². The first-order chi connectivity index (χ1) is 8.31. The summed E-state index contributed by atoms with van der Waals surface area (Å²) in [7, 11) is 0. The quantitative estimate of drug-likeness (QED) is 0.665. The van der Waals surface area contributed by atoms with Crippen LogP contribution in [-0.2, 0) is 4.79 Å². The van der Waals surface area contributed by atoms with Crippen molar-refractivity contribution in [3.63, 3.8) is 0 Å². The number of primary amides is 1. The van der Waals surface area contributed by atoms with E-state index < -0.39 is 24.2 Å². The Morgan fingerprint density at radius 3 is 2.61 bits per heavy atom. The Kier molecular flexibility index (Phi) is 4.15. The Hall–Kier alpha value is -2.23. The fraction of sp³-hybridized carbons (Fsp3) is 0.182. The van der Waals surface area contributed by atoms with E-state index in [-0.39, 0.29) is 5.56 Å². The van der Waals surface area contributed by atoms with E-state index in [2.05, 4.69) is 10.7 Å². The lowest BCUT2D eigenvalue weighted by Gasteiger charge is -2.16. The standard InChI is InChI=1S/C11H7F4NO2/c12-10(13)11(14,15)18-8-3-1-2-7(6-8)4-5-9(16)17/h1-3,6,10H,(H2,16,17). The molecule has 0 aliphatic carbocycles. The van der Waals surface area contributed by atoms with E-state index in [9.17, 15) is 22.4 Å². The number of benzene rings is 1. The number of nitrogens with two attached hydrogens (primary N) is 1. The molecule has 0 aliphatic rings. The molecule has 1 aromatic carbocycles. The van der Waals surface area contributed by atoms with Crippen molar-refractivity contribution in [3.8, 4) is 17.6 Å². The lowest BCUT2D eigenvalue weighted by atomic mass is 10.2. The van der Waals surface area contributed by atoms with Gasteiger partial charge in [-0.15, -0.1) is 0 Å². The SMILES string of the molecule is NC(=O)C#Cc1cccc(OC(F)(F)C(F)F)c1. The van der Waals surface area contributed by atoms with Crippen molar-refractivity contribution in [3.05, 3.63) is 29.8 Å². The van der Waals surface area contributed by atoms with Crippen LogP contribution in [0.3, 0.4) is 0 Å². The van der Waals surface area contributed by atoms with Gasteiger partial charge in [0, 0.05) is 5.56 Å². The molecule has 0 heterocycles. The number of hydrogen-bond acceptors (Lipinski definition) is 2. The summed E-state index contributed by atoms with van der Waals surface area (Å²) in [5.74, 6) is 2.84. The maximum absolute atomic E-state index is 12.6. The van der Waals surface area contributed by atoms with Gasteiger partial charge in [0.05, 0.1) is 0 Å². The molecule has 0 saturated heterocycles. The minimum absolute atomic E-state index is 0.136. The van der Waals surface area contributed by atoms with Gasteiger partial charge in [-0.1, -0.05) is 12.0 Å². The summed E-state index contributed by atoms with van der Waals surface area (Å²) in [5, 5.41) is 0. The number of rotatable bonds is 3.